The highest BCUT2D eigenvalue weighted by atomic mass is 16.3. The van der Waals surface area contributed by atoms with Crippen LogP contribution in [0.1, 0.15) is 22.9 Å². The lowest BCUT2D eigenvalue weighted by molar-refractivity contribution is 0.666. The Labute approximate surface area is 252 Å². The summed E-state index contributed by atoms with van der Waals surface area (Å²) in [5.41, 5.74) is 8.62. The molecule has 3 heterocycles. The summed E-state index contributed by atoms with van der Waals surface area (Å²) in [5, 5.41) is 7.92. The number of rotatable bonds is 4. The Hall–Kier alpha value is -5.94. The van der Waals surface area contributed by atoms with Crippen LogP contribution in [0.2, 0.25) is 0 Å². The lowest BCUT2D eigenvalue weighted by Crippen LogP contribution is -2.33. The third-order valence-electron chi connectivity index (χ3n) is 8.35. The largest absolute Gasteiger partial charge is 0.456 e. The summed E-state index contributed by atoms with van der Waals surface area (Å²) in [6.45, 7) is 0. The number of nitrogens with zero attached hydrogens (tertiary/aromatic N) is 2. The minimum atomic E-state index is -0.262. The van der Waals surface area contributed by atoms with Crippen molar-refractivity contribution in [3.8, 4) is 11.1 Å². The molecule has 0 bridgehead atoms. The molecule has 0 spiro atoms. The quantitative estimate of drug-likeness (QED) is 0.230. The maximum atomic E-state index is 6.51. The summed E-state index contributed by atoms with van der Waals surface area (Å²) in [5.74, 6) is 1.45. The predicted molar refractivity (Wildman–Crippen MR) is 178 cm³/mol. The van der Waals surface area contributed by atoms with E-state index in [2.05, 4.69) is 72.0 Å². The predicted octanol–water partition coefficient (Wildman–Crippen LogP) is 9.65. The Morgan fingerprint density at radius 1 is 0.500 bits per heavy atom. The van der Waals surface area contributed by atoms with Crippen molar-refractivity contribution in [2.24, 2.45) is 9.98 Å². The maximum absolute atomic E-state index is 6.51. The van der Waals surface area contributed by atoms with Crippen molar-refractivity contribution in [2.75, 3.05) is 0 Å². The molecule has 44 heavy (non-hydrogen) atoms. The molecule has 208 valence electrons. The molecule has 0 saturated carbocycles. The number of aliphatic imine (C=N–C) groups is 2. The van der Waals surface area contributed by atoms with Gasteiger partial charge in [-0.15, -0.1) is 0 Å². The van der Waals surface area contributed by atoms with Crippen molar-refractivity contribution >= 4 is 55.5 Å². The van der Waals surface area contributed by atoms with Gasteiger partial charge in [0.15, 0.2) is 5.84 Å². The molecular weight excluding hydrogens is 542 g/mol. The lowest BCUT2D eigenvalue weighted by atomic mass is 9.95. The van der Waals surface area contributed by atoms with Gasteiger partial charge in [-0.1, -0.05) is 109 Å². The fourth-order valence-corrected chi connectivity index (χ4v) is 6.32. The van der Waals surface area contributed by atoms with Crippen LogP contribution in [0.4, 0.5) is 0 Å². The van der Waals surface area contributed by atoms with Gasteiger partial charge >= 0.3 is 0 Å². The summed E-state index contributed by atoms with van der Waals surface area (Å²) in [7, 11) is 0. The van der Waals surface area contributed by atoms with Crippen LogP contribution in [0.5, 0.6) is 0 Å². The van der Waals surface area contributed by atoms with Crippen molar-refractivity contribution < 1.29 is 8.83 Å². The zero-order valence-corrected chi connectivity index (χ0v) is 23.6. The van der Waals surface area contributed by atoms with Gasteiger partial charge < -0.3 is 14.2 Å². The lowest BCUT2D eigenvalue weighted by Gasteiger charge is -2.23. The van der Waals surface area contributed by atoms with E-state index >= 15 is 0 Å². The summed E-state index contributed by atoms with van der Waals surface area (Å²) in [4.78, 5) is 9.95. The second kappa shape index (κ2) is 9.82. The molecule has 1 aliphatic heterocycles. The molecule has 5 heteroatoms. The Morgan fingerprint density at radius 3 is 1.86 bits per heavy atom. The Morgan fingerprint density at radius 2 is 1.11 bits per heavy atom. The number of nitrogens with one attached hydrogen (secondary N) is 1. The molecule has 0 radical (unpaired) electrons. The molecular formula is C39H25N3O2. The van der Waals surface area contributed by atoms with Crippen molar-refractivity contribution in [2.45, 2.75) is 6.17 Å². The number of hydrogen-bond donors (Lipinski definition) is 1. The molecule has 9 rings (SSSR count). The Kier molecular flexibility index (Phi) is 5.50. The van der Waals surface area contributed by atoms with E-state index in [-0.39, 0.29) is 6.17 Å². The zero-order valence-electron chi connectivity index (χ0n) is 23.6. The molecule has 8 aromatic rings. The summed E-state index contributed by atoms with van der Waals surface area (Å²) >= 11 is 0. The molecule has 1 atom stereocenters. The monoisotopic (exact) mass is 567 g/mol. The topological polar surface area (TPSA) is 63.0 Å². The highest BCUT2D eigenvalue weighted by Gasteiger charge is 2.22. The van der Waals surface area contributed by atoms with Gasteiger partial charge in [0.1, 0.15) is 34.3 Å². The van der Waals surface area contributed by atoms with E-state index in [1.165, 1.54) is 0 Å². The average Bonchev–Trinajstić information content (AvgIpc) is 3.67. The first-order valence-corrected chi connectivity index (χ1v) is 14.7. The SMILES string of the molecule is c1ccc(C2=NC(c3ccccc3)NC(c3ccc4c(c3)oc3cccc(-c5cccc6oc7ccccc7c56)c34)=N2)cc1. The van der Waals surface area contributed by atoms with Crippen molar-refractivity contribution in [1.82, 2.24) is 5.32 Å². The molecule has 1 N–H and O–H groups in total. The number of para-hydroxylation sites is 1. The van der Waals surface area contributed by atoms with Crippen LogP contribution in [0.25, 0.3) is 55.0 Å². The fourth-order valence-electron chi connectivity index (χ4n) is 6.32. The summed E-state index contributed by atoms with van der Waals surface area (Å²) < 4.78 is 12.7. The molecule has 0 amide bonds. The minimum Gasteiger partial charge on any atom is -0.456 e. The molecule has 0 fully saturated rings. The van der Waals surface area contributed by atoms with Gasteiger partial charge in [0.05, 0.1) is 0 Å². The van der Waals surface area contributed by atoms with Gasteiger partial charge in [-0.3, -0.25) is 0 Å². The maximum Gasteiger partial charge on any atom is 0.159 e. The van der Waals surface area contributed by atoms with Crippen molar-refractivity contribution in [3.63, 3.8) is 0 Å². The smallest absolute Gasteiger partial charge is 0.159 e. The second-order valence-corrected chi connectivity index (χ2v) is 11.0. The molecule has 2 aromatic heterocycles. The van der Waals surface area contributed by atoms with Gasteiger partial charge in [-0.05, 0) is 47.0 Å². The highest BCUT2D eigenvalue weighted by Crippen LogP contribution is 2.42. The average molecular weight is 568 g/mol. The van der Waals surface area contributed by atoms with E-state index in [0.717, 1.165) is 77.5 Å². The summed E-state index contributed by atoms with van der Waals surface area (Å²) in [6.07, 6.45) is -0.262. The van der Waals surface area contributed by atoms with Crippen LogP contribution >= 0.6 is 0 Å². The van der Waals surface area contributed by atoms with Gasteiger partial charge in [-0.2, -0.15) is 0 Å². The minimum absolute atomic E-state index is 0.262. The molecule has 0 aliphatic carbocycles. The number of benzene rings is 6. The Balaban J connectivity index is 1.20. The molecule has 1 unspecified atom stereocenters. The van der Waals surface area contributed by atoms with Gasteiger partial charge in [0, 0.05) is 32.7 Å². The first kappa shape index (κ1) is 24.6. The molecule has 0 saturated heterocycles. The van der Waals surface area contributed by atoms with Crippen LogP contribution in [-0.4, -0.2) is 11.7 Å². The van der Waals surface area contributed by atoms with Crippen LogP contribution in [0.3, 0.4) is 0 Å². The van der Waals surface area contributed by atoms with Crippen molar-refractivity contribution in [1.29, 1.82) is 0 Å². The van der Waals surface area contributed by atoms with E-state index in [1.54, 1.807) is 0 Å². The van der Waals surface area contributed by atoms with Gasteiger partial charge in [-0.25, -0.2) is 9.98 Å². The molecule has 1 aliphatic rings. The first-order valence-electron chi connectivity index (χ1n) is 14.7. The van der Waals surface area contributed by atoms with Crippen LogP contribution in [0.15, 0.2) is 158 Å². The summed E-state index contributed by atoms with van der Waals surface area (Å²) in [6, 6.07) is 47.4. The molecule has 5 nitrogen and oxygen atoms in total. The number of hydrogen-bond acceptors (Lipinski definition) is 5. The van der Waals surface area contributed by atoms with E-state index < -0.39 is 0 Å². The Bertz CT molecular complexity index is 2420. The fraction of sp³-hybridized carbons (Fsp3) is 0.0256. The zero-order chi connectivity index (χ0) is 29.0. The standard InChI is InChI=1S/C39H25N3O2/c1-3-11-24(12-4-1)37-40-38(25-13-5-2-6-14-25)42-39(41-37)26-21-22-30-34(23-26)44-33-20-10-17-28(36(30)33)27-16-9-19-32-35(27)29-15-7-8-18-31(29)43-32/h1-23,37H,(H,40,41,42). The highest BCUT2D eigenvalue weighted by molar-refractivity contribution is 6.20. The number of furan rings is 2. The van der Waals surface area contributed by atoms with Crippen LogP contribution in [0, 0.1) is 0 Å². The van der Waals surface area contributed by atoms with Gasteiger partial charge in [0.25, 0.3) is 0 Å². The number of amidine groups is 2. The van der Waals surface area contributed by atoms with Crippen molar-refractivity contribution in [3.05, 3.63) is 156 Å². The molecule has 6 aromatic carbocycles. The third-order valence-corrected chi connectivity index (χ3v) is 8.35. The first-order chi connectivity index (χ1) is 21.8. The normalized spacial score (nSPS) is 15.0. The van der Waals surface area contributed by atoms with Gasteiger partial charge in [0.2, 0.25) is 0 Å². The second-order valence-electron chi connectivity index (χ2n) is 11.0. The number of fused-ring (bicyclic) bond motifs is 6. The van der Waals surface area contributed by atoms with E-state index in [0.29, 0.717) is 5.84 Å². The third kappa shape index (κ3) is 3.94. The van der Waals surface area contributed by atoms with E-state index in [4.69, 9.17) is 18.8 Å². The van der Waals surface area contributed by atoms with E-state index in [1.807, 2.05) is 72.8 Å². The van der Waals surface area contributed by atoms with Crippen LogP contribution < -0.4 is 5.32 Å². The van der Waals surface area contributed by atoms with E-state index in [9.17, 15) is 0 Å². The van der Waals surface area contributed by atoms with Crippen LogP contribution in [-0.2, 0) is 0 Å².